The van der Waals surface area contributed by atoms with E-state index in [4.69, 9.17) is 4.42 Å². The normalized spacial score (nSPS) is 14.8. The van der Waals surface area contributed by atoms with Gasteiger partial charge >= 0.3 is 5.97 Å². The van der Waals surface area contributed by atoms with E-state index in [-0.39, 0.29) is 0 Å². The summed E-state index contributed by atoms with van der Waals surface area (Å²) in [5.74, 6) is 0.162. The van der Waals surface area contributed by atoms with Gasteiger partial charge in [-0.05, 0) is 63.3 Å². The SMILES string of the molecule is CC(C)(Cc1cc2c(n1Cc1ccco1)CCCC2)C(=O)O. The van der Waals surface area contributed by atoms with Crippen molar-refractivity contribution in [1.29, 1.82) is 0 Å². The van der Waals surface area contributed by atoms with Crippen LogP contribution >= 0.6 is 0 Å². The molecule has 0 unspecified atom stereocenters. The van der Waals surface area contributed by atoms with E-state index < -0.39 is 11.4 Å². The van der Waals surface area contributed by atoms with Crippen molar-refractivity contribution >= 4 is 5.97 Å². The van der Waals surface area contributed by atoms with Crippen molar-refractivity contribution in [3.63, 3.8) is 0 Å². The van der Waals surface area contributed by atoms with Crippen molar-refractivity contribution < 1.29 is 14.3 Å². The molecule has 22 heavy (non-hydrogen) atoms. The summed E-state index contributed by atoms with van der Waals surface area (Å²) in [6.07, 6.45) is 6.82. The molecular formula is C18H23NO3. The van der Waals surface area contributed by atoms with E-state index >= 15 is 0 Å². The zero-order valence-electron chi connectivity index (χ0n) is 13.3. The molecule has 1 aliphatic rings. The summed E-state index contributed by atoms with van der Waals surface area (Å²) in [5.41, 5.74) is 3.09. The van der Waals surface area contributed by atoms with E-state index in [0.29, 0.717) is 13.0 Å². The first-order chi connectivity index (χ1) is 10.5. The Bertz CT molecular complexity index is 665. The highest BCUT2D eigenvalue weighted by molar-refractivity contribution is 5.74. The van der Waals surface area contributed by atoms with E-state index in [1.54, 1.807) is 20.1 Å². The number of hydrogen-bond donors (Lipinski definition) is 1. The summed E-state index contributed by atoms with van der Waals surface area (Å²) in [4.78, 5) is 11.5. The molecule has 0 amide bonds. The van der Waals surface area contributed by atoms with Gasteiger partial charge in [-0.1, -0.05) is 0 Å². The molecule has 2 aromatic heterocycles. The molecule has 0 atom stereocenters. The fraction of sp³-hybridized carbons (Fsp3) is 0.500. The second-order valence-electron chi connectivity index (χ2n) is 6.85. The number of aryl methyl sites for hydroxylation is 1. The molecule has 4 heteroatoms. The number of carbonyl (C=O) groups is 1. The van der Waals surface area contributed by atoms with Crippen LogP contribution in [0.3, 0.4) is 0 Å². The second kappa shape index (κ2) is 5.67. The number of furan rings is 1. The van der Waals surface area contributed by atoms with E-state index in [9.17, 15) is 9.90 Å². The Balaban J connectivity index is 1.97. The quantitative estimate of drug-likeness (QED) is 0.917. The predicted octanol–water partition coefficient (Wildman–Crippen LogP) is 3.66. The van der Waals surface area contributed by atoms with Crippen LogP contribution in [-0.4, -0.2) is 15.6 Å². The summed E-state index contributed by atoms with van der Waals surface area (Å²) in [6, 6.07) is 6.08. The van der Waals surface area contributed by atoms with Crippen LogP contribution in [0.5, 0.6) is 0 Å². The summed E-state index contributed by atoms with van der Waals surface area (Å²) in [7, 11) is 0. The highest BCUT2D eigenvalue weighted by Gasteiger charge is 2.30. The molecule has 1 N–H and O–H groups in total. The third kappa shape index (κ3) is 2.82. The molecule has 0 fully saturated rings. The van der Waals surface area contributed by atoms with Crippen molar-refractivity contribution in [1.82, 2.24) is 4.57 Å². The third-order valence-electron chi connectivity index (χ3n) is 4.59. The molecule has 2 heterocycles. The van der Waals surface area contributed by atoms with Crippen LogP contribution in [0.2, 0.25) is 0 Å². The molecule has 4 nitrogen and oxygen atoms in total. The van der Waals surface area contributed by atoms with Gasteiger partial charge in [-0.15, -0.1) is 0 Å². The van der Waals surface area contributed by atoms with Crippen LogP contribution in [0.1, 0.15) is 49.4 Å². The fourth-order valence-corrected chi connectivity index (χ4v) is 3.26. The maximum Gasteiger partial charge on any atom is 0.309 e. The lowest BCUT2D eigenvalue weighted by molar-refractivity contribution is -0.146. The van der Waals surface area contributed by atoms with Crippen molar-refractivity contribution in [2.45, 2.75) is 52.5 Å². The summed E-state index contributed by atoms with van der Waals surface area (Å²) in [5, 5.41) is 9.43. The van der Waals surface area contributed by atoms with Gasteiger partial charge < -0.3 is 14.1 Å². The van der Waals surface area contributed by atoms with Gasteiger partial charge in [0.1, 0.15) is 5.76 Å². The average Bonchev–Trinajstić information content (AvgIpc) is 3.08. The van der Waals surface area contributed by atoms with Gasteiger partial charge in [0.05, 0.1) is 18.2 Å². The van der Waals surface area contributed by atoms with Gasteiger partial charge in [-0.2, -0.15) is 0 Å². The first-order valence-corrected chi connectivity index (χ1v) is 7.93. The second-order valence-corrected chi connectivity index (χ2v) is 6.85. The van der Waals surface area contributed by atoms with Crippen molar-refractivity contribution in [2.75, 3.05) is 0 Å². The van der Waals surface area contributed by atoms with Gasteiger partial charge in [0.2, 0.25) is 0 Å². The van der Waals surface area contributed by atoms with Gasteiger partial charge in [0, 0.05) is 17.8 Å². The smallest absolute Gasteiger partial charge is 0.309 e. The molecule has 0 bridgehead atoms. The Morgan fingerprint density at radius 1 is 1.36 bits per heavy atom. The molecule has 118 valence electrons. The fourth-order valence-electron chi connectivity index (χ4n) is 3.26. The summed E-state index contributed by atoms with van der Waals surface area (Å²) in [6.45, 7) is 4.27. The molecule has 0 spiro atoms. The Morgan fingerprint density at radius 3 is 2.82 bits per heavy atom. The van der Waals surface area contributed by atoms with Gasteiger partial charge in [0.25, 0.3) is 0 Å². The number of nitrogens with zero attached hydrogens (tertiary/aromatic N) is 1. The molecule has 2 aromatic rings. The summed E-state index contributed by atoms with van der Waals surface area (Å²) >= 11 is 0. The maximum atomic E-state index is 11.5. The number of aromatic nitrogens is 1. The predicted molar refractivity (Wildman–Crippen MR) is 84.0 cm³/mol. The molecule has 0 radical (unpaired) electrons. The Morgan fingerprint density at radius 2 is 2.14 bits per heavy atom. The molecular weight excluding hydrogens is 278 g/mol. The third-order valence-corrected chi connectivity index (χ3v) is 4.59. The minimum Gasteiger partial charge on any atom is -0.481 e. The molecule has 0 saturated carbocycles. The molecule has 0 saturated heterocycles. The molecule has 0 aliphatic heterocycles. The minimum absolute atomic E-state index is 0.538. The van der Waals surface area contributed by atoms with Crippen molar-refractivity contribution in [2.24, 2.45) is 5.41 Å². The van der Waals surface area contributed by atoms with Crippen LogP contribution in [0.4, 0.5) is 0 Å². The monoisotopic (exact) mass is 301 g/mol. The number of carboxylic acids is 1. The van der Waals surface area contributed by atoms with E-state index in [0.717, 1.165) is 24.3 Å². The van der Waals surface area contributed by atoms with Crippen molar-refractivity contribution in [3.8, 4) is 0 Å². The lowest BCUT2D eigenvalue weighted by Crippen LogP contribution is -2.27. The number of carboxylic acid groups (broad SMARTS) is 1. The zero-order chi connectivity index (χ0) is 15.7. The number of aliphatic carboxylic acids is 1. The number of fused-ring (bicyclic) bond motifs is 1. The zero-order valence-corrected chi connectivity index (χ0v) is 13.3. The highest BCUT2D eigenvalue weighted by atomic mass is 16.4. The molecule has 3 rings (SSSR count). The van der Waals surface area contributed by atoms with Crippen LogP contribution in [0.15, 0.2) is 28.9 Å². The molecule has 0 aromatic carbocycles. The lowest BCUT2D eigenvalue weighted by atomic mass is 9.88. The van der Waals surface area contributed by atoms with E-state index in [1.165, 1.54) is 24.1 Å². The Labute approximate surface area is 130 Å². The Hall–Kier alpha value is -1.97. The van der Waals surface area contributed by atoms with Crippen LogP contribution < -0.4 is 0 Å². The van der Waals surface area contributed by atoms with Crippen LogP contribution in [-0.2, 0) is 30.6 Å². The maximum absolute atomic E-state index is 11.5. The number of hydrogen-bond acceptors (Lipinski definition) is 2. The molecule has 1 aliphatic carbocycles. The number of rotatable bonds is 5. The highest BCUT2D eigenvalue weighted by Crippen LogP contribution is 2.30. The topological polar surface area (TPSA) is 55.4 Å². The minimum atomic E-state index is -0.762. The van der Waals surface area contributed by atoms with Crippen LogP contribution in [0.25, 0.3) is 0 Å². The van der Waals surface area contributed by atoms with E-state index in [2.05, 4.69) is 10.6 Å². The van der Waals surface area contributed by atoms with Gasteiger partial charge in [-0.3, -0.25) is 4.79 Å². The Kier molecular flexibility index (Phi) is 3.85. The lowest BCUT2D eigenvalue weighted by Gasteiger charge is -2.21. The first-order valence-electron chi connectivity index (χ1n) is 7.93. The first kappa shape index (κ1) is 14.9. The van der Waals surface area contributed by atoms with Gasteiger partial charge in [-0.25, -0.2) is 0 Å². The van der Waals surface area contributed by atoms with Crippen LogP contribution in [0, 0.1) is 5.41 Å². The summed E-state index contributed by atoms with van der Waals surface area (Å²) < 4.78 is 7.77. The van der Waals surface area contributed by atoms with E-state index in [1.807, 2.05) is 12.1 Å². The largest absolute Gasteiger partial charge is 0.481 e. The average molecular weight is 301 g/mol. The van der Waals surface area contributed by atoms with Crippen molar-refractivity contribution in [3.05, 3.63) is 47.2 Å². The van der Waals surface area contributed by atoms with Gasteiger partial charge in [0.15, 0.2) is 0 Å². The standard InChI is InChI=1S/C18H23NO3/c1-18(2,17(20)21)11-14-10-13-6-3-4-8-16(13)19(14)12-15-7-5-9-22-15/h5,7,9-10H,3-4,6,8,11-12H2,1-2H3,(H,20,21).